The zero-order valence-electron chi connectivity index (χ0n) is 24.4. The Kier molecular flexibility index (Phi) is 8.49. The van der Waals surface area contributed by atoms with Crippen molar-refractivity contribution in [2.75, 3.05) is 20.3 Å². The van der Waals surface area contributed by atoms with E-state index < -0.39 is 0 Å². The largest absolute Gasteiger partial charge is 0.479 e. The summed E-state index contributed by atoms with van der Waals surface area (Å²) in [5, 5.41) is 2.81. The van der Waals surface area contributed by atoms with Gasteiger partial charge in [-0.25, -0.2) is 15.0 Å². The van der Waals surface area contributed by atoms with Crippen molar-refractivity contribution in [2.24, 2.45) is 4.99 Å². The SMILES string of the molecule is COc1nc(-c2csc(N=c3c4c(cc(C)n3CCC=C3CCCOCC3)CCCC4)n2)ccc1-n1ccc(C)c1. The van der Waals surface area contributed by atoms with Gasteiger partial charge in [-0.15, -0.1) is 11.3 Å². The van der Waals surface area contributed by atoms with Crippen molar-refractivity contribution >= 4 is 16.5 Å². The van der Waals surface area contributed by atoms with E-state index in [1.165, 1.54) is 40.8 Å². The van der Waals surface area contributed by atoms with Crippen molar-refractivity contribution in [2.45, 2.75) is 71.8 Å². The van der Waals surface area contributed by atoms with Gasteiger partial charge in [0.15, 0.2) is 0 Å². The van der Waals surface area contributed by atoms with Gasteiger partial charge in [0, 0.05) is 36.6 Å². The van der Waals surface area contributed by atoms with Crippen LogP contribution in [0.5, 0.6) is 5.88 Å². The van der Waals surface area contributed by atoms with Crippen molar-refractivity contribution < 1.29 is 9.47 Å². The topological polar surface area (TPSA) is 66.5 Å². The number of aryl methyl sites for hydroxylation is 3. The zero-order valence-corrected chi connectivity index (χ0v) is 25.2. The molecule has 0 amide bonds. The second-order valence-electron chi connectivity index (χ2n) is 11.0. The molecule has 0 N–H and O–H groups in total. The highest BCUT2D eigenvalue weighted by Crippen LogP contribution is 2.30. The monoisotopic (exact) mass is 569 g/mol. The zero-order chi connectivity index (χ0) is 28.2. The van der Waals surface area contributed by atoms with Gasteiger partial charge in [0.2, 0.25) is 11.0 Å². The molecule has 0 radical (unpaired) electrons. The van der Waals surface area contributed by atoms with Gasteiger partial charge >= 0.3 is 0 Å². The molecule has 5 heterocycles. The first kappa shape index (κ1) is 27.7. The van der Waals surface area contributed by atoms with Crippen LogP contribution in [0, 0.1) is 13.8 Å². The fourth-order valence-corrected chi connectivity index (χ4v) is 6.63. The molecule has 214 valence electrons. The normalized spacial score (nSPS) is 17.0. The molecule has 4 aromatic rings. The molecule has 0 aromatic carbocycles. The number of nitrogens with zero attached hydrogens (tertiary/aromatic N) is 5. The molecule has 7 nitrogen and oxygen atoms in total. The summed E-state index contributed by atoms with van der Waals surface area (Å²) >= 11 is 1.57. The molecule has 0 bridgehead atoms. The van der Waals surface area contributed by atoms with Crippen LogP contribution in [0.25, 0.3) is 17.1 Å². The summed E-state index contributed by atoms with van der Waals surface area (Å²) in [4.78, 5) is 14.9. The van der Waals surface area contributed by atoms with Crippen LogP contribution in [0.15, 0.2) is 58.7 Å². The average molecular weight is 570 g/mol. The van der Waals surface area contributed by atoms with Crippen LogP contribution in [0.4, 0.5) is 5.13 Å². The first-order valence-corrected chi connectivity index (χ1v) is 15.7. The minimum atomic E-state index is 0.574. The highest BCUT2D eigenvalue weighted by molar-refractivity contribution is 7.13. The van der Waals surface area contributed by atoms with Crippen molar-refractivity contribution in [3.8, 4) is 23.0 Å². The van der Waals surface area contributed by atoms with Crippen LogP contribution in [-0.2, 0) is 24.1 Å². The number of allylic oxidation sites excluding steroid dienone is 1. The lowest BCUT2D eigenvalue weighted by Gasteiger charge is -2.21. The predicted octanol–water partition coefficient (Wildman–Crippen LogP) is 7.05. The second kappa shape index (κ2) is 12.6. The van der Waals surface area contributed by atoms with Crippen molar-refractivity contribution in [3.63, 3.8) is 0 Å². The van der Waals surface area contributed by atoms with Crippen molar-refractivity contribution in [3.05, 3.63) is 81.6 Å². The van der Waals surface area contributed by atoms with Crippen LogP contribution in [0.3, 0.4) is 0 Å². The summed E-state index contributed by atoms with van der Waals surface area (Å²) in [6, 6.07) is 8.50. The summed E-state index contributed by atoms with van der Waals surface area (Å²) in [5.74, 6) is 0.574. The lowest BCUT2D eigenvalue weighted by atomic mass is 9.92. The molecular weight excluding hydrogens is 530 g/mol. The molecule has 0 atom stereocenters. The summed E-state index contributed by atoms with van der Waals surface area (Å²) in [6.45, 7) is 6.94. The number of hydrogen-bond acceptors (Lipinski definition) is 6. The molecular formula is C33H39N5O2S. The number of aromatic nitrogens is 4. The first-order chi connectivity index (χ1) is 20.1. The summed E-state index contributed by atoms with van der Waals surface area (Å²) in [5.41, 5.74) is 10.4. The lowest BCUT2D eigenvalue weighted by molar-refractivity contribution is 0.146. The fourth-order valence-electron chi connectivity index (χ4n) is 5.95. The number of methoxy groups -OCH3 is 1. The van der Waals surface area contributed by atoms with E-state index in [2.05, 4.69) is 42.8 Å². The summed E-state index contributed by atoms with van der Waals surface area (Å²) < 4.78 is 15.7. The van der Waals surface area contributed by atoms with Crippen LogP contribution in [-0.4, -0.2) is 39.4 Å². The van der Waals surface area contributed by atoms with Crippen LogP contribution >= 0.6 is 11.3 Å². The van der Waals surface area contributed by atoms with Gasteiger partial charge in [0.05, 0.1) is 19.4 Å². The molecule has 4 aromatic heterocycles. The first-order valence-electron chi connectivity index (χ1n) is 14.8. The maximum absolute atomic E-state index is 5.66. The number of pyridine rings is 2. The van der Waals surface area contributed by atoms with Crippen LogP contribution < -0.4 is 10.2 Å². The standard InChI is InChI=1S/C33H39N5O2S/c1-23-14-17-37(21-23)30-13-12-28(34-32(30)39-3)29-22-41-33(35-29)36-31-27-11-5-4-10-26(27)20-24(2)38(31)16-6-8-25-9-7-18-40-19-15-25/h8,12-14,17,20-22H,4-7,9-11,15-16,18-19H2,1-3H3. The molecule has 6 rings (SSSR count). The maximum Gasteiger partial charge on any atom is 0.238 e. The van der Waals surface area contributed by atoms with Gasteiger partial charge < -0.3 is 18.6 Å². The second-order valence-corrected chi connectivity index (χ2v) is 11.9. The average Bonchev–Trinajstić information content (AvgIpc) is 3.56. The van der Waals surface area contributed by atoms with E-state index in [0.717, 1.165) is 86.0 Å². The molecule has 41 heavy (non-hydrogen) atoms. The van der Waals surface area contributed by atoms with Crippen molar-refractivity contribution in [1.29, 1.82) is 0 Å². The number of hydrogen-bond donors (Lipinski definition) is 0. The van der Waals surface area contributed by atoms with E-state index in [4.69, 9.17) is 24.4 Å². The fraction of sp³-hybridized carbons (Fsp3) is 0.424. The van der Waals surface area contributed by atoms with Crippen molar-refractivity contribution in [1.82, 2.24) is 19.1 Å². The Bertz CT molecular complexity index is 1620. The van der Waals surface area contributed by atoms with E-state index >= 15 is 0 Å². The quantitative estimate of drug-likeness (QED) is 0.224. The molecule has 1 saturated heterocycles. The molecule has 0 spiro atoms. The molecule has 8 heteroatoms. The molecule has 0 unspecified atom stereocenters. The molecule has 1 aliphatic heterocycles. The van der Waals surface area contributed by atoms with Crippen LogP contribution in [0.2, 0.25) is 0 Å². The van der Waals surface area contributed by atoms with E-state index in [1.807, 2.05) is 28.3 Å². The predicted molar refractivity (Wildman–Crippen MR) is 164 cm³/mol. The van der Waals surface area contributed by atoms with Gasteiger partial charge in [0.25, 0.3) is 0 Å². The van der Waals surface area contributed by atoms with E-state index in [0.29, 0.717) is 5.88 Å². The minimum absolute atomic E-state index is 0.574. The smallest absolute Gasteiger partial charge is 0.238 e. The van der Waals surface area contributed by atoms with Gasteiger partial charge in [-0.1, -0.05) is 11.6 Å². The third-order valence-electron chi connectivity index (χ3n) is 8.09. The van der Waals surface area contributed by atoms with E-state index in [1.54, 1.807) is 18.4 Å². The molecule has 1 aliphatic carbocycles. The highest BCUT2D eigenvalue weighted by Gasteiger charge is 2.17. The number of rotatable bonds is 7. The van der Waals surface area contributed by atoms with E-state index in [-0.39, 0.29) is 0 Å². The van der Waals surface area contributed by atoms with E-state index in [9.17, 15) is 0 Å². The Hall–Kier alpha value is -3.49. The Balaban J connectivity index is 1.33. The highest BCUT2D eigenvalue weighted by atomic mass is 32.1. The third kappa shape index (κ3) is 6.23. The Morgan fingerprint density at radius 3 is 2.78 bits per heavy atom. The maximum atomic E-state index is 5.66. The molecule has 2 aliphatic rings. The lowest BCUT2D eigenvalue weighted by Crippen LogP contribution is -2.30. The Morgan fingerprint density at radius 1 is 1.02 bits per heavy atom. The summed E-state index contributed by atoms with van der Waals surface area (Å²) in [6.07, 6.45) is 15.5. The number of thiazole rings is 1. The van der Waals surface area contributed by atoms with Gasteiger partial charge in [-0.2, -0.15) is 0 Å². The molecule has 0 saturated carbocycles. The Labute approximate surface area is 246 Å². The van der Waals surface area contributed by atoms with Gasteiger partial charge in [0.1, 0.15) is 16.9 Å². The minimum Gasteiger partial charge on any atom is -0.479 e. The summed E-state index contributed by atoms with van der Waals surface area (Å²) in [7, 11) is 1.66. The Morgan fingerprint density at radius 2 is 1.93 bits per heavy atom. The third-order valence-corrected chi connectivity index (χ3v) is 8.83. The van der Waals surface area contributed by atoms with Gasteiger partial charge in [-0.05, 0) is 106 Å². The van der Waals surface area contributed by atoms with Gasteiger partial charge in [-0.3, -0.25) is 0 Å². The molecule has 1 fully saturated rings. The number of fused-ring (bicyclic) bond motifs is 1. The van der Waals surface area contributed by atoms with Crippen LogP contribution in [0.1, 0.15) is 60.9 Å². The number of ether oxygens (including phenoxy) is 2.